The highest BCUT2D eigenvalue weighted by atomic mass is 19.1. The van der Waals surface area contributed by atoms with Crippen LogP contribution in [0, 0.1) is 18.7 Å². The minimum Gasteiger partial charge on any atom is -0.461 e. The molecular weight excluding hydrogens is 323 g/mol. The lowest BCUT2D eigenvalue weighted by Crippen LogP contribution is -2.52. The van der Waals surface area contributed by atoms with Crippen LogP contribution in [0.15, 0.2) is 34.7 Å². The zero-order chi connectivity index (χ0) is 17.4. The summed E-state index contributed by atoms with van der Waals surface area (Å²) in [4.78, 5) is 14.7. The van der Waals surface area contributed by atoms with E-state index < -0.39 is 6.09 Å². The number of hydrogen-bond acceptors (Lipinski definition) is 4. The summed E-state index contributed by atoms with van der Waals surface area (Å²) < 4.78 is 24.9. The molecule has 25 heavy (non-hydrogen) atoms. The highest BCUT2D eigenvalue weighted by molar-refractivity contribution is 5.90. The Labute approximate surface area is 145 Å². The molecule has 6 heteroatoms. The Morgan fingerprint density at radius 1 is 1.28 bits per heavy atom. The summed E-state index contributed by atoms with van der Waals surface area (Å²) in [6, 6.07) is 7.75. The van der Waals surface area contributed by atoms with Gasteiger partial charge in [-0.25, -0.2) is 9.18 Å². The molecule has 0 spiro atoms. The molecule has 132 valence electrons. The van der Waals surface area contributed by atoms with Crippen LogP contribution in [0.3, 0.4) is 0 Å². The van der Waals surface area contributed by atoms with Crippen LogP contribution in [-0.4, -0.2) is 36.7 Å². The van der Waals surface area contributed by atoms with Crippen molar-refractivity contribution in [2.24, 2.45) is 5.92 Å². The first kappa shape index (κ1) is 16.1. The third-order valence-electron chi connectivity index (χ3n) is 5.08. The van der Waals surface area contributed by atoms with Gasteiger partial charge >= 0.3 is 6.09 Å². The zero-order valence-electron chi connectivity index (χ0n) is 14.1. The quantitative estimate of drug-likeness (QED) is 0.913. The first-order valence-electron chi connectivity index (χ1n) is 8.65. The summed E-state index contributed by atoms with van der Waals surface area (Å²) in [5.41, 5.74) is 0.973. The minimum atomic E-state index is -0.505. The second kappa shape index (κ2) is 6.52. The van der Waals surface area contributed by atoms with Crippen LogP contribution in [-0.2, 0) is 4.74 Å². The molecule has 1 atom stereocenters. The summed E-state index contributed by atoms with van der Waals surface area (Å²) in [7, 11) is 0. The van der Waals surface area contributed by atoms with Crippen molar-refractivity contribution in [3.8, 4) is 11.3 Å². The maximum atomic E-state index is 13.7. The van der Waals surface area contributed by atoms with E-state index in [4.69, 9.17) is 9.15 Å². The van der Waals surface area contributed by atoms with Crippen molar-refractivity contribution in [1.82, 2.24) is 4.90 Å². The number of carbonyl (C=O) groups is 1. The van der Waals surface area contributed by atoms with E-state index in [1.807, 2.05) is 6.92 Å². The third kappa shape index (κ3) is 3.39. The van der Waals surface area contributed by atoms with Gasteiger partial charge in [0.25, 0.3) is 0 Å². The number of carbonyl (C=O) groups excluding carboxylic acids is 1. The van der Waals surface area contributed by atoms with E-state index in [1.54, 1.807) is 12.1 Å². The van der Waals surface area contributed by atoms with E-state index in [-0.39, 0.29) is 11.9 Å². The maximum Gasteiger partial charge on any atom is 0.411 e. The first-order valence-corrected chi connectivity index (χ1v) is 8.65. The van der Waals surface area contributed by atoms with Crippen LogP contribution < -0.4 is 5.32 Å². The number of furan rings is 1. The van der Waals surface area contributed by atoms with Crippen LogP contribution in [0.1, 0.15) is 18.6 Å². The molecule has 2 bridgehead atoms. The monoisotopic (exact) mass is 344 g/mol. The number of aryl methyl sites for hydroxylation is 1. The van der Waals surface area contributed by atoms with Gasteiger partial charge in [0, 0.05) is 12.1 Å². The molecule has 3 fully saturated rings. The van der Waals surface area contributed by atoms with E-state index >= 15 is 0 Å². The molecule has 5 nitrogen and oxygen atoms in total. The van der Waals surface area contributed by atoms with Gasteiger partial charge in [0.05, 0.1) is 5.69 Å². The Hall–Kier alpha value is -2.34. The molecule has 2 aromatic rings. The summed E-state index contributed by atoms with van der Waals surface area (Å²) >= 11 is 0. The van der Waals surface area contributed by atoms with Gasteiger partial charge in [-0.1, -0.05) is 0 Å². The van der Waals surface area contributed by atoms with Gasteiger partial charge in [0.2, 0.25) is 0 Å². The van der Waals surface area contributed by atoms with Crippen LogP contribution in [0.4, 0.5) is 14.9 Å². The molecule has 1 aromatic carbocycles. The number of nitrogens with zero attached hydrogens (tertiary/aromatic N) is 1. The Morgan fingerprint density at radius 3 is 2.72 bits per heavy atom. The standard InChI is InChI=1S/C19H21FN2O3/c1-12-2-5-17(24-12)15-10-14(20)3-4-16(15)21-19(23)25-18-11-22-8-6-13(18)7-9-22/h2-5,10,13,18H,6-9,11H2,1H3,(H,21,23)/t18-/m0/s1. The third-order valence-corrected chi connectivity index (χ3v) is 5.08. The number of ether oxygens (including phenoxy) is 1. The van der Waals surface area contributed by atoms with E-state index in [9.17, 15) is 9.18 Å². The number of piperidine rings is 3. The van der Waals surface area contributed by atoms with E-state index in [0.717, 1.165) is 38.2 Å². The highest BCUT2D eigenvalue weighted by Gasteiger charge is 2.36. The number of halogens is 1. The lowest BCUT2D eigenvalue weighted by Gasteiger charge is -2.43. The predicted molar refractivity (Wildman–Crippen MR) is 91.9 cm³/mol. The predicted octanol–water partition coefficient (Wildman–Crippen LogP) is 4.04. The van der Waals surface area contributed by atoms with Crippen molar-refractivity contribution in [3.05, 3.63) is 41.9 Å². The Kier molecular flexibility index (Phi) is 4.21. The van der Waals surface area contributed by atoms with Gasteiger partial charge < -0.3 is 9.15 Å². The average molecular weight is 344 g/mol. The molecule has 3 saturated heterocycles. The van der Waals surface area contributed by atoms with Crippen molar-refractivity contribution < 1.29 is 18.3 Å². The van der Waals surface area contributed by atoms with Crippen molar-refractivity contribution in [2.75, 3.05) is 25.0 Å². The fourth-order valence-corrected chi connectivity index (χ4v) is 3.73. The fourth-order valence-electron chi connectivity index (χ4n) is 3.73. The zero-order valence-corrected chi connectivity index (χ0v) is 14.1. The van der Waals surface area contributed by atoms with Crippen LogP contribution in [0.5, 0.6) is 0 Å². The molecule has 3 aliphatic rings. The fraction of sp³-hybridized carbons (Fsp3) is 0.421. The number of benzene rings is 1. The second-order valence-corrected chi connectivity index (χ2v) is 6.81. The van der Waals surface area contributed by atoms with Crippen LogP contribution in [0.2, 0.25) is 0 Å². The van der Waals surface area contributed by atoms with Gasteiger partial charge in [-0.3, -0.25) is 10.2 Å². The normalized spacial score (nSPS) is 25.0. The minimum absolute atomic E-state index is 0.0720. The Morgan fingerprint density at radius 2 is 2.08 bits per heavy atom. The van der Waals surface area contributed by atoms with Gasteiger partial charge in [-0.2, -0.15) is 0 Å². The van der Waals surface area contributed by atoms with Gasteiger partial charge in [0.1, 0.15) is 23.4 Å². The molecule has 0 unspecified atom stereocenters. The number of nitrogens with one attached hydrogen (secondary N) is 1. The van der Waals surface area contributed by atoms with Crippen molar-refractivity contribution in [3.63, 3.8) is 0 Å². The number of hydrogen-bond donors (Lipinski definition) is 1. The summed E-state index contributed by atoms with van der Waals surface area (Å²) in [6.07, 6.45) is 1.57. The summed E-state index contributed by atoms with van der Waals surface area (Å²) in [5, 5.41) is 2.75. The van der Waals surface area contributed by atoms with Crippen molar-refractivity contribution in [2.45, 2.75) is 25.9 Å². The smallest absolute Gasteiger partial charge is 0.411 e. The SMILES string of the molecule is Cc1ccc(-c2cc(F)ccc2NC(=O)O[C@H]2CN3CCC2CC3)o1. The van der Waals surface area contributed by atoms with E-state index in [0.29, 0.717) is 22.9 Å². The van der Waals surface area contributed by atoms with Crippen molar-refractivity contribution in [1.29, 1.82) is 0 Å². The van der Waals surface area contributed by atoms with Crippen molar-refractivity contribution >= 4 is 11.8 Å². The number of rotatable bonds is 3. The second-order valence-electron chi connectivity index (χ2n) is 6.81. The molecule has 4 heterocycles. The Balaban J connectivity index is 1.49. The summed E-state index contributed by atoms with van der Waals surface area (Å²) in [5.74, 6) is 1.28. The highest BCUT2D eigenvalue weighted by Crippen LogP contribution is 2.32. The molecule has 0 aliphatic carbocycles. The molecule has 5 rings (SSSR count). The number of amides is 1. The van der Waals surface area contributed by atoms with Gasteiger partial charge in [-0.05, 0) is 69.1 Å². The Bertz CT molecular complexity index is 781. The average Bonchev–Trinajstić information content (AvgIpc) is 3.04. The largest absolute Gasteiger partial charge is 0.461 e. The molecule has 1 aromatic heterocycles. The molecule has 1 N–H and O–H groups in total. The molecule has 1 amide bonds. The summed E-state index contributed by atoms with van der Waals surface area (Å²) in [6.45, 7) is 4.79. The lowest BCUT2D eigenvalue weighted by molar-refractivity contribution is -0.0289. The van der Waals surface area contributed by atoms with Gasteiger partial charge in [0.15, 0.2) is 0 Å². The first-order chi connectivity index (χ1) is 12.1. The number of fused-ring (bicyclic) bond motifs is 3. The number of anilines is 1. The maximum absolute atomic E-state index is 13.7. The van der Waals surface area contributed by atoms with Crippen LogP contribution in [0.25, 0.3) is 11.3 Å². The topological polar surface area (TPSA) is 54.7 Å². The molecule has 0 saturated carbocycles. The van der Waals surface area contributed by atoms with E-state index in [2.05, 4.69) is 10.2 Å². The van der Waals surface area contributed by atoms with Gasteiger partial charge in [-0.15, -0.1) is 0 Å². The molecule has 0 radical (unpaired) electrons. The molecule has 3 aliphatic heterocycles. The molecular formula is C19H21FN2O3. The lowest BCUT2D eigenvalue weighted by atomic mass is 9.86. The van der Waals surface area contributed by atoms with E-state index in [1.165, 1.54) is 18.2 Å². The van der Waals surface area contributed by atoms with Crippen LogP contribution >= 0.6 is 0 Å².